The Morgan fingerprint density at radius 1 is 1.00 bits per heavy atom. The minimum absolute atomic E-state index is 0.143. The van der Waals surface area contributed by atoms with Crippen LogP contribution in [0, 0.1) is 25.5 Å². The molecule has 1 N–H and O–H groups in total. The average Bonchev–Trinajstić information content (AvgIpc) is 3.64. The Kier molecular flexibility index (Phi) is 6.88. The third-order valence-electron chi connectivity index (χ3n) is 6.82. The maximum Gasteiger partial charge on any atom is 0.301 e. The van der Waals surface area contributed by atoms with E-state index in [2.05, 4.69) is 15.2 Å². The van der Waals surface area contributed by atoms with E-state index in [1.54, 1.807) is 29.7 Å². The lowest BCUT2D eigenvalue weighted by Crippen LogP contribution is -2.29. The number of thioether (sulfide) groups is 1. The van der Waals surface area contributed by atoms with Crippen LogP contribution in [0.5, 0.6) is 0 Å². The molecule has 206 valence electrons. The first-order chi connectivity index (χ1) is 19.7. The number of fused-ring (bicyclic) bond motifs is 1. The highest BCUT2D eigenvalue weighted by Crippen LogP contribution is 2.44. The molecular formula is C29H21F2N5O3S2. The summed E-state index contributed by atoms with van der Waals surface area (Å²) in [6, 6.07) is 14.1. The number of pyridine rings is 1. The lowest BCUT2D eigenvalue weighted by atomic mass is 9.96. The van der Waals surface area contributed by atoms with Gasteiger partial charge in [-0.05, 0) is 60.9 Å². The average molecular weight is 590 g/mol. The number of halogens is 2. The molecule has 1 aliphatic heterocycles. The molecule has 0 bridgehead atoms. The predicted octanol–water partition coefficient (Wildman–Crippen LogP) is 6.00. The van der Waals surface area contributed by atoms with Gasteiger partial charge >= 0.3 is 5.91 Å². The number of aliphatic hydroxyl groups is 1. The van der Waals surface area contributed by atoms with Gasteiger partial charge in [0, 0.05) is 11.9 Å². The molecule has 6 rings (SSSR count). The van der Waals surface area contributed by atoms with Crippen molar-refractivity contribution >= 4 is 51.3 Å². The Morgan fingerprint density at radius 3 is 2.37 bits per heavy atom. The molecule has 41 heavy (non-hydrogen) atoms. The molecule has 0 spiro atoms. The molecule has 1 aliphatic rings. The first-order valence-corrected chi connectivity index (χ1v) is 14.2. The van der Waals surface area contributed by atoms with Gasteiger partial charge in [0.15, 0.2) is 10.1 Å². The number of nitrogens with zero attached hydrogens (tertiary/aromatic N) is 5. The summed E-state index contributed by atoms with van der Waals surface area (Å²) in [4.78, 5) is 32.7. The van der Waals surface area contributed by atoms with Crippen molar-refractivity contribution in [2.75, 3.05) is 4.90 Å². The lowest BCUT2D eigenvalue weighted by Gasteiger charge is -2.22. The summed E-state index contributed by atoms with van der Waals surface area (Å²) in [5.74, 6) is -2.58. The van der Waals surface area contributed by atoms with Crippen molar-refractivity contribution in [2.24, 2.45) is 0 Å². The number of imidazole rings is 1. The van der Waals surface area contributed by atoms with Crippen LogP contribution in [0.1, 0.15) is 34.1 Å². The SMILES string of the molecule is Cc1cccn2c(C)c(/C(O)=C3\C(=O)C(=O)N(c4nnc(SCc5ccc(F)cc5)s4)C3c3ccc(F)cc3)nc12. The van der Waals surface area contributed by atoms with Gasteiger partial charge in [0.1, 0.15) is 23.0 Å². The van der Waals surface area contributed by atoms with Crippen LogP contribution in [0.15, 0.2) is 76.8 Å². The minimum atomic E-state index is -1.09. The minimum Gasteiger partial charge on any atom is -0.505 e. The molecule has 1 amide bonds. The van der Waals surface area contributed by atoms with E-state index in [0.29, 0.717) is 27.0 Å². The van der Waals surface area contributed by atoms with Gasteiger partial charge in [0.05, 0.1) is 17.3 Å². The van der Waals surface area contributed by atoms with Crippen molar-refractivity contribution in [2.45, 2.75) is 30.0 Å². The van der Waals surface area contributed by atoms with Gasteiger partial charge in [-0.25, -0.2) is 13.8 Å². The molecule has 1 fully saturated rings. The number of anilines is 1. The first kappa shape index (κ1) is 26.8. The summed E-state index contributed by atoms with van der Waals surface area (Å²) in [7, 11) is 0. The van der Waals surface area contributed by atoms with Crippen LogP contribution in [-0.4, -0.2) is 36.4 Å². The van der Waals surface area contributed by atoms with Crippen LogP contribution >= 0.6 is 23.1 Å². The summed E-state index contributed by atoms with van der Waals surface area (Å²) < 4.78 is 29.4. The second kappa shape index (κ2) is 10.5. The molecule has 8 nitrogen and oxygen atoms in total. The van der Waals surface area contributed by atoms with Crippen LogP contribution in [0.3, 0.4) is 0 Å². The summed E-state index contributed by atoms with van der Waals surface area (Å²) in [5.41, 5.74) is 3.31. The van der Waals surface area contributed by atoms with Gasteiger partial charge in [0.2, 0.25) is 5.13 Å². The van der Waals surface area contributed by atoms with Crippen molar-refractivity contribution in [3.63, 3.8) is 0 Å². The van der Waals surface area contributed by atoms with Gasteiger partial charge in [-0.1, -0.05) is 53.4 Å². The Morgan fingerprint density at radius 2 is 1.68 bits per heavy atom. The smallest absolute Gasteiger partial charge is 0.301 e. The van der Waals surface area contributed by atoms with Crippen molar-refractivity contribution in [3.8, 4) is 0 Å². The largest absolute Gasteiger partial charge is 0.505 e. The standard InChI is InChI=1S/C29H21F2N5O3S2/c1-15-4-3-13-35-16(2)22(32-26(15)35)24(37)21-23(18-7-11-20(31)12-8-18)36(27(39)25(21)38)28-33-34-29(41-28)40-14-17-5-9-19(30)10-6-17/h3-13,23,37H,14H2,1-2H3/b24-21+. The van der Waals surface area contributed by atoms with Crippen molar-refractivity contribution < 1.29 is 23.5 Å². The van der Waals surface area contributed by atoms with Crippen molar-refractivity contribution in [1.82, 2.24) is 19.6 Å². The predicted molar refractivity (Wildman–Crippen MR) is 152 cm³/mol. The fraction of sp³-hybridized carbons (Fsp3) is 0.138. The molecule has 0 radical (unpaired) electrons. The summed E-state index contributed by atoms with van der Waals surface area (Å²) in [6.07, 6.45) is 1.80. The van der Waals surface area contributed by atoms with E-state index in [0.717, 1.165) is 22.5 Å². The van der Waals surface area contributed by atoms with Gasteiger partial charge in [-0.3, -0.25) is 14.5 Å². The second-order valence-corrected chi connectivity index (χ2v) is 11.6. The maximum atomic E-state index is 13.9. The van der Waals surface area contributed by atoms with E-state index in [4.69, 9.17) is 0 Å². The number of carbonyl (C=O) groups excluding carboxylic acids is 2. The Labute approximate surface area is 241 Å². The Bertz CT molecular complexity index is 1850. The van der Waals surface area contributed by atoms with Crippen LogP contribution in [0.25, 0.3) is 11.4 Å². The second-order valence-electron chi connectivity index (χ2n) is 9.42. The van der Waals surface area contributed by atoms with Crippen LogP contribution in [0.4, 0.5) is 13.9 Å². The molecule has 1 saturated heterocycles. The lowest BCUT2D eigenvalue weighted by molar-refractivity contribution is -0.132. The van der Waals surface area contributed by atoms with Crippen LogP contribution in [-0.2, 0) is 15.3 Å². The highest BCUT2D eigenvalue weighted by Gasteiger charge is 2.48. The molecule has 0 saturated carbocycles. The molecule has 12 heteroatoms. The van der Waals surface area contributed by atoms with Crippen molar-refractivity contribution in [3.05, 3.63) is 112 Å². The molecule has 0 aliphatic carbocycles. The van der Waals surface area contributed by atoms with Crippen molar-refractivity contribution in [1.29, 1.82) is 0 Å². The van der Waals surface area contributed by atoms with Crippen LogP contribution in [0.2, 0.25) is 0 Å². The van der Waals surface area contributed by atoms with Gasteiger partial charge in [0.25, 0.3) is 5.78 Å². The van der Waals surface area contributed by atoms with Crippen LogP contribution < -0.4 is 4.90 Å². The highest BCUT2D eigenvalue weighted by molar-refractivity contribution is 8.00. The zero-order chi connectivity index (χ0) is 28.8. The molecule has 1 atom stereocenters. The fourth-order valence-corrected chi connectivity index (χ4v) is 6.57. The maximum absolute atomic E-state index is 13.9. The molecule has 5 aromatic rings. The number of aryl methyl sites for hydroxylation is 2. The van der Waals surface area contributed by atoms with Gasteiger partial charge in [-0.15, -0.1) is 10.2 Å². The normalized spacial score (nSPS) is 16.7. The number of aromatic nitrogens is 4. The van der Waals surface area contributed by atoms with E-state index in [1.165, 1.54) is 53.1 Å². The topological polar surface area (TPSA) is 101 Å². The Hall–Kier alpha value is -4.42. The molecular weight excluding hydrogens is 568 g/mol. The van der Waals surface area contributed by atoms with E-state index < -0.39 is 29.3 Å². The number of carbonyl (C=O) groups is 2. The number of aliphatic hydroxyl groups excluding tert-OH is 1. The third kappa shape index (κ3) is 4.78. The first-order valence-electron chi connectivity index (χ1n) is 12.4. The Balaban J connectivity index is 1.43. The molecule has 3 aromatic heterocycles. The third-order valence-corrected chi connectivity index (χ3v) is 8.94. The number of benzene rings is 2. The quantitative estimate of drug-likeness (QED) is 0.0853. The molecule has 1 unspecified atom stereocenters. The fourth-order valence-electron chi connectivity index (χ4n) is 4.75. The monoisotopic (exact) mass is 589 g/mol. The number of ketones is 1. The number of amides is 1. The number of hydrogen-bond donors (Lipinski definition) is 1. The van der Waals surface area contributed by atoms with E-state index in [9.17, 15) is 23.5 Å². The van der Waals surface area contributed by atoms with E-state index in [1.807, 2.05) is 19.1 Å². The number of Topliss-reactive ketones (excluding diaryl/α,β-unsaturated/α-hetero) is 1. The summed E-state index contributed by atoms with van der Waals surface area (Å²) in [5, 5.41) is 20.0. The number of hydrogen-bond acceptors (Lipinski definition) is 8. The highest BCUT2D eigenvalue weighted by atomic mass is 32.2. The summed E-state index contributed by atoms with van der Waals surface area (Å²) in [6.45, 7) is 3.64. The number of rotatable bonds is 6. The van der Waals surface area contributed by atoms with Gasteiger partial charge in [-0.2, -0.15) is 0 Å². The zero-order valence-corrected chi connectivity index (χ0v) is 23.3. The van der Waals surface area contributed by atoms with E-state index >= 15 is 0 Å². The zero-order valence-electron chi connectivity index (χ0n) is 21.7. The summed E-state index contributed by atoms with van der Waals surface area (Å²) >= 11 is 2.45. The van der Waals surface area contributed by atoms with E-state index in [-0.39, 0.29) is 22.2 Å². The molecule has 4 heterocycles. The van der Waals surface area contributed by atoms with Gasteiger partial charge < -0.3 is 9.51 Å². The molecule has 2 aromatic carbocycles.